The van der Waals surface area contributed by atoms with E-state index in [1.165, 1.54) is 5.39 Å². The summed E-state index contributed by atoms with van der Waals surface area (Å²) in [6.07, 6.45) is 0. The SMILES string of the molecule is CN(Cc1cc2ccccc2n1C)C(=O)c1cc(N)ccc1Br. The Balaban J connectivity index is 1.88. The number of amides is 1. The highest BCUT2D eigenvalue weighted by atomic mass is 79.9. The number of carbonyl (C=O) groups is 1. The molecular weight excluding hydrogens is 354 g/mol. The van der Waals surface area contributed by atoms with Crippen molar-refractivity contribution in [1.29, 1.82) is 0 Å². The van der Waals surface area contributed by atoms with Gasteiger partial charge in [0.05, 0.1) is 12.1 Å². The predicted molar refractivity (Wildman–Crippen MR) is 97.3 cm³/mol. The maximum absolute atomic E-state index is 12.7. The first-order valence-electron chi connectivity index (χ1n) is 7.31. The normalized spacial score (nSPS) is 10.9. The second kappa shape index (κ2) is 6.08. The summed E-state index contributed by atoms with van der Waals surface area (Å²) >= 11 is 3.42. The Hall–Kier alpha value is -2.27. The van der Waals surface area contributed by atoms with Gasteiger partial charge in [0, 0.05) is 35.5 Å². The van der Waals surface area contributed by atoms with Gasteiger partial charge in [-0.15, -0.1) is 0 Å². The van der Waals surface area contributed by atoms with Crippen LogP contribution in [0, 0.1) is 0 Å². The van der Waals surface area contributed by atoms with Crippen LogP contribution in [0.15, 0.2) is 53.0 Å². The molecule has 0 atom stereocenters. The van der Waals surface area contributed by atoms with E-state index in [9.17, 15) is 4.79 Å². The molecule has 0 spiro atoms. The maximum Gasteiger partial charge on any atom is 0.255 e. The van der Waals surface area contributed by atoms with Crippen LogP contribution in [0.3, 0.4) is 0 Å². The van der Waals surface area contributed by atoms with Crippen molar-refractivity contribution < 1.29 is 4.79 Å². The fourth-order valence-corrected chi connectivity index (χ4v) is 3.14. The second-order valence-electron chi connectivity index (χ2n) is 5.65. The highest BCUT2D eigenvalue weighted by molar-refractivity contribution is 9.10. The molecule has 2 aromatic carbocycles. The highest BCUT2D eigenvalue weighted by Crippen LogP contribution is 2.23. The van der Waals surface area contributed by atoms with E-state index >= 15 is 0 Å². The fourth-order valence-electron chi connectivity index (χ4n) is 2.72. The molecule has 0 saturated heterocycles. The molecule has 1 heterocycles. The molecule has 118 valence electrons. The number of carbonyl (C=O) groups excluding carboxylic acids is 1. The van der Waals surface area contributed by atoms with Crippen LogP contribution in [-0.2, 0) is 13.6 Å². The molecule has 0 aliphatic carbocycles. The molecule has 0 radical (unpaired) electrons. The van der Waals surface area contributed by atoms with Crippen molar-refractivity contribution in [3.8, 4) is 0 Å². The lowest BCUT2D eigenvalue weighted by atomic mass is 10.2. The topological polar surface area (TPSA) is 51.3 Å². The first-order chi connectivity index (χ1) is 11.0. The molecular formula is C18H18BrN3O. The number of aromatic nitrogens is 1. The largest absolute Gasteiger partial charge is 0.399 e. The zero-order chi connectivity index (χ0) is 16.6. The van der Waals surface area contributed by atoms with Crippen molar-refractivity contribution in [3.63, 3.8) is 0 Å². The van der Waals surface area contributed by atoms with Gasteiger partial charge in [0.15, 0.2) is 0 Å². The minimum atomic E-state index is -0.0607. The van der Waals surface area contributed by atoms with Crippen LogP contribution in [0.4, 0.5) is 5.69 Å². The van der Waals surface area contributed by atoms with Gasteiger partial charge in [-0.05, 0) is 51.6 Å². The van der Waals surface area contributed by atoms with E-state index in [0.717, 1.165) is 15.7 Å². The fraction of sp³-hybridized carbons (Fsp3) is 0.167. The number of halogens is 1. The molecule has 1 amide bonds. The average Bonchev–Trinajstić information content (AvgIpc) is 2.85. The van der Waals surface area contributed by atoms with Gasteiger partial charge in [-0.25, -0.2) is 0 Å². The first kappa shape index (κ1) is 15.6. The Bertz CT molecular complexity index is 885. The summed E-state index contributed by atoms with van der Waals surface area (Å²) in [5.74, 6) is -0.0607. The molecule has 3 aromatic rings. The zero-order valence-electron chi connectivity index (χ0n) is 13.1. The van der Waals surface area contributed by atoms with Crippen LogP contribution < -0.4 is 5.73 Å². The highest BCUT2D eigenvalue weighted by Gasteiger charge is 2.17. The molecule has 0 bridgehead atoms. The molecule has 2 N–H and O–H groups in total. The molecule has 5 heteroatoms. The summed E-state index contributed by atoms with van der Waals surface area (Å²) in [5.41, 5.74) is 9.20. The lowest BCUT2D eigenvalue weighted by molar-refractivity contribution is 0.0781. The Morgan fingerprint density at radius 2 is 1.96 bits per heavy atom. The van der Waals surface area contributed by atoms with E-state index < -0.39 is 0 Å². The third kappa shape index (κ3) is 2.97. The van der Waals surface area contributed by atoms with Gasteiger partial charge in [0.1, 0.15) is 0 Å². The standard InChI is InChI=1S/C18H18BrN3O/c1-21(18(23)15-10-13(20)7-8-16(15)19)11-14-9-12-5-3-4-6-17(12)22(14)2/h3-10H,11,20H2,1-2H3. The summed E-state index contributed by atoms with van der Waals surface area (Å²) < 4.78 is 2.87. The van der Waals surface area contributed by atoms with Crippen molar-refractivity contribution in [1.82, 2.24) is 9.47 Å². The van der Waals surface area contributed by atoms with E-state index in [4.69, 9.17) is 5.73 Å². The number of hydrogen-bond donors (Lipinski definition) is 1. The van der Waals surface area contributed by atoms with Crippen molar-refractivity contribution in [2.75, 3.05) is 12.8 Å². The molecule has 3 rings (SSSR count). The van der Waals surface area contributed by atoms with Crippen molar-refractivity contribution in [2.45, 2.75) is 6.54 Å². The molecule has 0 unspecified atom stereocenters. The molecule has 23 heavy (non-hydrogen) atoms. The van der Waals surface area contributed by atoms with Crippen LogP contribution in [-0.4, -0.2) is 22.4 Å². The van der Waals surface area contributed by atoms with Crippen LogP contribution >= 0.6 is 15.9 Å². The number of nitrogens with two attached hydrogens (primary N) is 1. The van der Waals surface area contributed by atoms with Crippen LogP contribution in [0.25, 0.3) is 10.9 Å². The molecule has 1 aromatic heterocycles. The number of aryl methyl sites for hydroxylation is 1. The molecule has 0 aliphatic rings. The van der Waals surface area contributed by atoms with Gasteiger partial charge in [-0.3, -0.25) is 4.79 Å². The van der Waals surface area contributed by atoms with Gasteiger partial charge in [0.2, 0.25) is 0 Å². The number of para-hydroxylation sites is 1. The third-order valence-electron chi connectivity index (χ3n) is 4.02. The summed E-state index contributed by atoms with van der Waals surface area (Å²) in [7, 11) is 3.82. The lowest BCUT2D eigenvalue weighted by Gasteiger charge is -2.19. The van der Waals surface area contributed by atoms with Crippen molar-refractivity contribution >= 4 is 38.4 Å². The van der Waals surface area contributed by atoms with Gasteiger partial charge in [-0.2, -0.15) is 0 Å². The minimum absolute atomic E-state index is 0.0607. The number of fused-ring (bicyclic) bond motifs is 1. The Labute approximate surface area is 143 Å². The number of anilines is 1. The van der Waals surface area contributed by atoms with E-state index in [0.29, 0.717) is 17.8 Å². The number of rotatable bonds is 3. The van der Waals surface area contributed by atoms with Crippen molar-refractivity contribution in [3.05, 3.63) is 64.3 Å². The van der Waals surface area contributed by atoms with E-state index in [1.807, 2.05) is 19.2 Å². The van der Waals surface area contributed by atoms with Crippen LogP contribution in [0.2, 0.25) is 0 Å². The minimum Gasteiger partial charge on any atom is -0.399 e. The quantitative estimate of drug-likeness (QED) is 0.711. The molecule has 0 saturated carbocycles. The van der Waals surface area contributed by atoms with Crippen LogP contribution in [0.5, 0.6) is 0 Å². The summed E-state index contributed by atoms with van der Waals surface area (Å²) in [5, 5.41) is 1.18. The number of nitrogens with zero attached hydrogens (tertiary/aromatic N) is 2. The summed E-state index contributed by atoms with van der Waals surface area (Å²) in [4.78, 5) is 14.4. The second-order valence-corrected chi connectivity index (χ2v) is 6.51. The first-order valence-corrected chi connectivity index (χ1v) is 8.10. The Morgan fingerprint density at radius 3 is 2.70 bits per heavy atom. The zero-order valence-corrected chi connectivity index (χ0v) is 14.7. The van der Waals surface area contributed by atoms with E-state index in [2.05, 4.69) is 38.7 Å². The van der Waals surface area contributed by atoms with E-state index in [-0.39, 0.29) is 5.91 Å². The lowest BCUT2D eigenvalue weighted by Crippen LogP contribution is -2.27. The smallest absolute Gasteiger partial charge is 0.255 e. The van der Waals surface area contributed by atoms with Crippen molar-refractivity contribution in [2.24, 2.45) is 7.05 Å². The van der Waals surface area contributed by atoms with E-state index in [1.54, 1.807) is 30.1 Å². The van der Waals surface area contributed by atoms with Gasteiger partial charge in [-0.1, -0.05) is 18.2 Å². The summed E-state index contributed by atoms with van der Waals surface area (Å²) in [6.45, 7) is 0.533. The number of hydrogen-bond acceptors (Lipinski definition) is 2. The molecule has 0 aliphatic heterocycles. The average molecular weight is 372 g/mol. The number of nitrogen functional groups attached to an aromatic ring is 1. The summed E-state index contributed by atoms with van der Waals surface area (Å²) in [6, 6.07) is 15.6. The third-order valence-corrected chi connectivity index (χ3v) is 4.71. The monoisotopic (exact) mass is 371 g/mol. The van der Waals surface area contributed by atoms with Gasteiger partial charge < -0.3 is 15.2 Å². The molecule has 4 nitrogen and oxygen atoms in total. The van der Waals surface area contributed by atoms with Gasteiger partial charge >= 0.3 is 0 Å². The van der Waals surface area contributed by atoms with Gasteiger partial charge in [0.25, 0.3) is 5.91 Å². The van der Waals surface area contributed by atoms with Crippen LogP contribution in [0.1, 0.15) is 16.1 Å². The Morgan fingerprint density at radius 1 is 1.22 bits per heavy atom. The molecule has 0 fully saturated rings. The number of benzene rings is 2. The Kier molecular flexibility index (Phi) is 4.13. The predicted octanol–water partition coefficient (Wildman–Crippen LogP) is 3.80. The maximum atomic E-state index is 12.7.